The second kappa shape index (κ2) is 22.1. The molecule has 0 aliphatic heterocycles. The lowest BCUT2D eigenvalue weighted by molar-refractivity contribution is 0.356. The predicted octanol–water partition coefficient (Wildman–Crippen LogP) is 7.33. The molecule has 1 aromatic carbocycles. The second-order valence-electron chi connectivity index (χ2n) is 5.34. The van der Waals surface area contributed by atoms with Crippen LogP contribution in [0.3, 0.4) is 0 Å². The molecule has 2 nitrogen and oxygen atoms in total. The number of aryl methyl sites for hydroxylation is 1. The van der Waals surface area contributed by atoms with Crippen molar-refractivity contribution in [2.24, 2.45) is 0 Å². The van der Waals surface area contributed by atoms with Gasteiger partial charge in [-0.3, -0.25) is 0 Å². The normalized spacial score (nSPS) is 9.56. The number of nitrogens with zero attached hydrogens (tertiary/aromatic N) is 1. The van der Waals surface area contributed by atoms with Crippen LogP contribution in [0.25, 0.3) is 10.9 Å². The summed E-state index contributed by atoms with van der Waals surface area (Å²) in [5.41, 5.74) is 4.12. The van der Waals surface area contributed by atoms with Crippen molar-refractivity contribution in [1.82, 2.24) is 9.88 Å². The van der Waals surface area contributed by atoms with E-state index in [1.54, 1.807) is 0 Å². The molecule has 2 heteroatoms. The number of terminal acetylenes is 1. The van der Waals surface area contributed by atoms with Gasteiger partial charge >= 0.3 is 0 Å². The van der Waals surface area contributed by atoms with Gasteiger partial charge in [0, 0.05) is 23.6 Å². The smallest absolute Gasteiger partial charge is 0.0456 e. The number of fused-ring (bicyclic) bond motifs is 1. The van der Waals surface area contributed by atoms with E-state index in [0.29, 0.717) is 0 Å². The van der Waals surface area contributed by atoms with Crippen LogP contribution in [0.4, 0.5) is 0 Å². The largest absolute Gasteiger partial charge is 0.361 e. The summed E-state index contributed by atoms with van der Waals surface area (Å²) in [4.78, 5) is 5.74. The van der Waals surface area contributed by atoms with Crippen molar-refractivity contribution in [3.8, 4) is 12.8 Å². The van der Waals surface area contributed by atoms with Gasteiger partial charge in [-0.2, -0.15) is 0 Å². The maximum absolute atomic E-state index is 4.00. The molecular weight excluding hydrogens is 328 g/mol. The second-order valence-corrected chi connectivity index (χ2v) is 5.34. The zero-order valence-electron chi connectivity index (χ0n) is 19.4. The third kappa shape index (κ3) is 12.9. The van der Waals surface area contributed by atoms with Crippen molar-refractivity contribution in [3.05, 3.63) is 47.7 Å². The van der Waals surface area contributed by atoms with E-state index in [1.807, 2.05) is 41.5 Å². The number of rotatable bonds is 6. The molecule has 1 heterocycles. The van der Waals surface area contributed by atoms with Crippen LogP contribution in [-0.2, 0) is 6.42 Å². The zero-order valence-corrected chi connectivity index (χ0v) is 19.4. The Labute approximate surface area is 170 Å². The van der Waals surface area contributed by atoms with Crippen LogP contribution in [0, 0.1) is 12.8 Å². The summed E-state index contributed by atoms with van der Waals surface area (Å²) in [7, 11) is 2.20. The van der Waals surface area contributed by atoms with Crippen molar-refractivity contribution in [2.75, 3.05) is 20.1 Å². The molecule has 0 aliphatic rings. The van der Waals surface area contributed by atoms with E-state index >= 15 is 0 Å². The van der Waals surface area contributed by atoms with E-state index < -0.39 is 0 Å². The Morgan fingerprint density at radius 3 is 2.15 bits per heavy atom. The summed E-state index contributed by atoms with van der Waals surface area (Å²) in [5.74, 6) is 0. The first-order valence-electron chi connectivity index (χ1n) is 10.4. The van der Waals surface area contributed by atoms with Gasteiger partial charge in [-0.15, -0.1) is 12.8 Å². The molecule has 0 aliphatic carbocycles. The lowest BCUT2D eigenvalue weighted by Gasteiger charge is -2.16. The monoisotopic (exact) mass is 372 g/mol. The minimum Gasteiger partial charge on any atom is -0.361 e. The fourth-order valence-corrected chi connectivity index (χ4v) is 2.47. The number of H-pyrrole nitrogens is 1. The van der Waals surface area contributed by atoms with Crippen molar-refractivity contribution < 1.29 is 0 Å². The molecule has 0 radical (unpaired) electrons. The molecule has 0 bridgehead atoms. The lowest BCUT2D eigenvalue weighted by atomic mass is 10.1. The Hall–Kier alpha value is -1.98. The SMILES string of the molecule is C#C.C/C=C(\C)CN(C)CCCc1c[nH]c2ccccc12.CC.CC.CC. The number of benzene rings is 1. The van der Waals surface area contributed by atoms with Gasteiger partial charge in [-0.05, 0) is 51.9 Å². The number of allylic oxidation sites excluding steroid dienone is 1. The first-order valence-corrected chi connectivity index (χ1v) is 10.4. The molecule has 27 heavy (non-hydrogen) atoms. The number of hydrogen-bond acceptors (Lipinski definition) is 1. The number of nitrogens with one attached hydrogen (secondary N) is 1. The molecular formula is C25H44N2. The molecule has 0 saturated heterocycles. The molecule has 0 unspecified atom stereocenters. The minimum absolute atomic E-state index is 1.07. The van der Waals surface area contributed by atoms with E-state index in [2.05, 4.69) is 80.2 Å². The highest BCUT2D eigenvalue weighted by atomic mass is 15.1. The Bertz CT molecular complexity index is 590. The molecule has 2 aromatic rings. The van der Waals surface area contributed by atoms with Crippen molar-refractivity contribution in [3.63, 3.8) is 0 Å². The van der Waals surface area contributed by atoms with E-state index in [9.17, 15) is 0 Å². The fraction of sp³-hybridized carbons (Fsp3) is 0.520. The maximum atomic E-state index is 4.00. The third-order valence-electron chi connectivity index (χ3n) is 3.67. The number of likely N-dealkylation sites (N-methyl/N-ethyl adjacent to an activating group) is 1. The van der Waals surface area contributed by atoms with Gasteiger partial charge in [0.2, 0.25) is 0 Å². The maximum Gasteiger partial charge on any atom is 0.0456 e. The molecule has 2 rings (SSSR count). The van der Waals surface area contributed by atoms with E-state index in [0.717, 1.165) is 19.5 Å². The molecule has 1 N–H and O–H groups in total. The number of aromatic amines is 1. The molecule has 0 amide bonds. The van der Waals surface area contributed by atoms with Gasteiger partial charge in [0.25, 0.3) is 0 Å². The van der Waals surface area contributed by atoms with Crippen LogP contribution < -0.4 is 0 Å². The van der Waals surface area contributed by atoms with Gasteiger partial charge in [0.15, 0.2) is 0 Å². The Balaban J connectivity index is -0.000000638. The number of aromatic nitrogens is 1. The van der Waals surface area contributed by atoms with E-state index in [4.69, 9.17) is 0 Å². The van der Waals surface area contributed by atoms with E-state index in [1.165, 1.54) is 28.5 Å². The predicted molar refractivity (Wildman–Crippen MR) is 127 cm³/mol. The summed E-state index contributed by atoms with van der Waals surface area (Å²) in [6.45, 7) is 18.5. The summed E-state index contributed by atoms with van der Waals surface area (Å²) < 4.78 is 0. The molecule has 1 aromatic heterocycles. The Morgan fingerprint density at radius 1 is 1.04 bits per heavy atom. The first-order chi connectivity index (χ1) is 13.2. The Morgan fingerprint density at radius 2 is 1.59 bits per heavy atom. The number of hydrogen-bond donors (Lipinski definition) is 1. The topological polar surface area (TPSA) is 19.0 Å². The highest BCUT2D eigenvalue weighted by Gasteiger charge is 2.04. The van der Waals surface area contributed by atoms with Crippen LogP contribution in [0.2, 0.25) is 0 Å². The van der Waals surface area contributed by atoms with Crippen LogP contribution in [0.15, 0.2) is 42.1 Å². The highest BCUT2D eigenvalue weighted by molar-refractivity contribution is 5.82. The van der Waals surface area contributed by atoms with Crippen LogP contribution in [0.1, 0.15) is 67.4 Å². The minimum atomic E-state index is 1.07. The highest BCUT2D eigenvalue weighted by Crippen LogP contribution is 2.18. The van der Waals surface area contributed by atoms with Gasteiger partial charge in [-0.1, -0.05) is 71.4 Å². The molecule has 0 fully saturated rings. The average Bonchev–Trinajstić information content (AvgIpc) is 3.17. The van der Waals surface area contributed by atoms with Crippen LogP contribution in [-0.4, -0.2) is 30.0 Å². The molecule has 0 spiro atoms. The quantitative estimate of drug-likeness (QED) is 0.415. The zero-order chi connectivity index (χ0) is 21.7. The number of para-hydroxylation sites is 1. The third-order valence-corrected chi connectivity index (χ3v) is 3.67. The van der Waals surface area contributed by atoms with Gasteiger partial charge < -0.3 is 9.88 Å². The van der Waals surface area contributed by atoms with Crippen molar-refractivity contribution >= 4 is 10.9 Å². The van der Waals surface area contributed by atoms with Crippen molar-refractivity contribution in [1.29, 1.82) is 0 Å². The molecule has 154 valence electrons. The summed E-state index contributed by atoms with van der Waals surface area (Å²) in [6.07, 6.45) is 14.7. The van der Waals surface area contributed by atoms with Gasteiger partial charge in [-0.25, -0.2) is 0 Å². The van der Waals surface area contributed by atoms with E-state index in [-0.39, 0.29) is 0 Å². The standard InChI is InChI=1S/C17H24N2.3C2H6.C2H2/c1-4-14(2)13-19(3)11-7-8-15-12-18-17-10-6-5-9-16(15)17;4*1-2/h4-6,9-10,12,18H,7-8,11,13H2,1-3H3;3*1-2H3;1-2H/b14-4+;;;;. The van der Waals surface area contributed by atoms with Crippen LogP contribution in [0.5, 0.6) is 0 Å². The van der Waals surface area contributed by atoms with Gasteiger partial charge in [0.05, 0.1) is 0 Å². The first kappa shape index (κ1) is 29.8. The Kier molecular flexibility index (Phi) is 24.3. The summed E-state index contributed by atoms with van der Waals surface area (Å²) >= 11 is 0. The molecule has 0 saturated carbocycles. The fourth-order valence-electron chi connectivity index (χ4n) is 2.47. The summed E-state index contributed by atoms with van der Waals surface area (Å²) in [6, 6.07) is 8.53. The average molecular weight is 373 g/mol. The van der Waals surface area contributed by atoms with Crippen LogP contribution >= 0.6 is 0 Å². The molecule has 0 atom stereocenters. The van der Waals surface area contributed by atoms with Gasteiger partial charge in [0.1, 0.15) is 0 Å². The summed E-state index contributed by atoms with van der Waals surface area (Å²) in [5, 5.41) is 1.37. The lowest BCUT2D eigenvalue weighted by Crippen LogP contribution is -2.22. The van der Waals surface area contributed by atoms with Crippen molar-refractivity contribution in [2.45, 2.75) is 68.2 Å².